The molecule has 0 radical (unpaired) electrons. The molecular formula is C15H32N2O. The van der Waals surface area contributed by atoms with Crippen LogP contribution >= 0.6 is 0 Å². The molecule has 0 spiro atoms. The molecule has 3 nitrogen and oxygen atoms in total. The van der Waals surface area contributed by atoms with Gasteiger partial charge in [0.05, 0.1) is 6.10 Å². The average molecular weight is 256 g/mol. The van der Waals surface area contributed by atoms with Crippen LogP contribution in [-0.2, 0) is 4.74 Å². The maximum atomic E-state index is 5.81. The third-order valence-electron chi connectivity index (χ3n) is 3.76. The maximum absolute atomic E-state index is 5.81. The summed E-state index contributed by atoms with van der Waals surface area (Å²) in [6.07, 6.45) is 5.48. The average Bonchev–Trinajstić information content (AvgIpc) is 2.35. The molecule has 1 saturated heterocycles. The molecule has 3 heteroatoms. The second-order valence-electron chi connectivity index (χ2n) is 6.01. The first kappa shape index (κ1) is 15.9. The largest absolute Gasteiger partial charge is 0.377 e. The van der Waals surface area contributed by atoms with Crippen LogP contribution in [0.15, 0.2) is 0 Å². The molecule has 1 aliphatic rings. The highest BCUT2D eigenvalue weighted by Gasteiger charge is 2.19. The van der Waals surface area contributed by atoms with Gasteiger partial charge in [-0.05, 0) is 45.2 Å². The maximum Gasteiger partial charge on any atom is 0.0701 e. The molecule has 0 bridgehead atoms. The lowest BCUT2D eigenvalue weighted by molar-refractivity contribution is -0.00327. The number of rotatable bonds is 8. The molecular weight excluding hydrogens is 224 g/mol. The van der Waals surface area contributed by atoms with Crippen LogP contribution in [0, 0.1) is 5.92 Å². The molecule has 1 fully saturated rings. The number of hydrogen-bond donors (Lipinski definition) is 1. The highest BCUT2D eigenvalue weighted by Crippen LogP contribution is 2.14. The Balaban J connectivity index is 2.28. The topological polar surface area (TPSA) is 24.5 Å². The van der Waals surface area contributed by atoms with Crippen molar-refractivity contribution in [3.05, 3.63) is 0 Å². The van der Waals surface area contributed by atoms with E-state index < -0.39 is 0 Å². The van der Waals surface area contributed by atoms with Crippen LogP contribution in [0.2, 0.25) is 0 Å². The van der Waals surface area contributed by atoms with Gasteiger partial charge in [-0.3, -0.25) is 0 Å². The molecule has 1 rings (SSSR count). The van der Waals surface area contributed by atoms with Crippen LogP contribution in [0.3, 0.4) is 0 Å². The smallest absolute Gasteiger partial charge is 0.0701 e. The van der Waals surface area contributed by atoms with E-state index in [0.29, 0.717) is 18.1 Å². The van der Waals surface area contributed by atoms with Crippen LogP contribution in [0.5, 0.6) is 0 Å². The van der Waals surface area contributed by atoms with Gasteiger partial charge < -0.3 is 15.0 Å². The first-order valence-electron chi connectivity index (χ1n) is 7.67. The van der Waals surface area contributed by atoms with Crippen molar-refractivity contribution in [2.45, 2.75) is 58.6 Å². The Bertz CT molecular complexity index is 203. The predicted molar refractivity (Wildman–Crippen MR) is 78.0 cm³/mol. The SMILES string of the molecule is CCCNC(CN(C)CC1CCCCO1)C(C)C. The second kappa shape index (κ2) is 8.89. The van der Waals surface area contributed by atoms with E-state index in [-0.39, 0.29) is 0 Å². The number of likely N-dealkylation sites (N-methyl/N-ethyl adjacent to an activating group) is 1. The van der Waals surface area contributed by atoms with Gasteiger partial charge in [-0.25, -0.2) is 0 Å². The monoisotopic (exact) mass is 256 g/mol. The first-order valence-corrected chi connectivity index (χ1v) is 7.67. The highest BCUT2D eigenvalue weighted by atomic mass is 16.5. The number of ether oxygens (including phenoxy) is 1. The summed E-state index contributed by atoms with van der Waals surface area (Å²) in [5.74, 6) is 0.686. The molecule has 1 N–H and O–H groups in total. The van der Waals surface area contributed by atoms with Crippen LogP contribution in [0.4, 0.5) is 0 Å². The standard InChI is InChI=1S/C15H32N2O/c1-5-9-16-15(13(2)3)12-17(4)11-14-8-6-7-10-18-14/h13-16H,5-12H2,1-4H3. The summed E-state index contributed by atoms with van der Waals surface area (Å²) in [6.45, 7) is 11.1. The van der Waals surface area contributed by atoms with Crippen molar-refractivity contribution >= 4 is 0 Å². The lowest BCUT2D eigenvalue weighted by Gasteiger charge is -2.31. The van der Waals surface area contributed by atoms with E-state index in [1.54, 1.807) is 0 Å². The Morgan fingerprint density at radius 3 is 2.67 bits per heavy atom. The Hall–Kier alpha value is -0.120. The summed E-state index contributed by atoms with van der Waals surface area (Å²) in [5.41, 5.74) is 0. The molecule has 1 heterocycles. The summed E-state index contributed by atoms with van der Waals surface area (Å²) in [5, 5.41) is 3.65. The minimum atomic E-state index is 0.461. The molecule has 1 aliphatic heterocycles. The highest BCUT2D eigenvalue weighted by molar-refractivity contribution is 4.76. The number of nitrogens with one attached hydrogen (secondary N) is 1. The predicted octanol–water partition coefficient (Wildman–Crippen LogP) is 2.51. The zero-order valence-electron chi connectivity index (χ0n) is 12.7. The molecule has 2 unspecified atom stereocenters. The van der Waals surface area contributed by atoms with Crippen molar-refractivity contribution < 1.29 is 4.74 Å². The molecule has 108 valence electrons. The van der Waals surface area contributed by atoms with Gasteiger partial charge in [0.25, 0.3) is 0 Å². The van der Waals surface area contributed by atoms with Gasteiger partial charge in [0, 0.05) is 25.7 Å². The molecule has 0 amide bonds. The van der Waals surface area contributed by atoms with E-state index >= 15 is 0 Å². The Morgan fingerprint density at radius 2 is 2.11 bits per heavy atom. The lowest BCUT2D eigenvalue weighted by atomic mass is 10.0. The van der Waals surface area contributed by atoms with E-state index in [0.717, 1.165) is 26.2 Å². The van der Waals surface area contributed by atoms with E-state index in [4.69, 9.17) is 4.74 Å². The van der Waals surface area contributed by atoms with Crippen molar-refractivity contribution in [1.29, 1.82) is 0 Å². The van der Waals surface area contributed by atoms with Crippen molar-refractivity contribution in [3.63, 3.8) is 0 Å². The van der Waals surface area contributed by atoms with E-state index in [2.05, 4.69) is 38.0 Å². The summed E-state index contributed by atoms with van der Waals surface area (Å²) in [6, 6.07) is 0.596. The lowest BCUT2D eigenvalue weighted by Crippen LogP contribution is -2.45. The zero-order chi connectivity index (χ0) is 13.4. The fourth-order valence-corrected chi connectivity index (χ4v) is 2.55. The fraction of sp³-hybridized carbons (Fsp3) is 1.00. The Labute approximate surface area is 113 Å². The van der Waals surface area contributed by atoms with Gasteiger partial charge >= 0.3 is 0 Å². The minimum absolute atomic E-state index is 0.461. The third-order valence-corrected chi connectivity index (χ3v) is 3.76. The molecule has 0 aromatic heterocycles. The summed E-state index contributed by atoms with van der Waals surface area (Å²) < 4.78 is 5.81. The summed E-state index contributed by atoms with van der Waals surface area (Å²) in [4.78, 5) is 2.43. The van der Waals surface area contributed by atoms with Gasteiger partial charge in [-0.15, -0.1) is 0 Å². The van der Waals surface area contributed by atoms with Crippen LogP contribution in [0.1, 0.15) is 46.5 Å². The molecule has 2 atom stereocenters. The van der Waals surface area contributed by atoms with Crippen LogP contribution < -0.4 is 5.32 Å². The normalized spacial score (nSPS) is 22.7. The Kier molecular flexibility index (Phi) is 7.87. The number of nitrogens with zero attached hydrogens (tertiary/aromatic N) is 1. The number of hydrogen-bond acceptors (Lipinski definition) is 3. The zero-order valence-corrected chi connectivity index (χ0v) is 12.7. The Morgan fingerprint density at radius 1 is 1.33 bits per heavy atom. The van der Waals surface area contributed by atoms with E-state index in [1.165, 1.54) is 25.7 Å². The first-order chi connectivity index (χ1) is 8.63. The van der Waals surface area contributed by atoms with Crippen molar-refractivity contribution in [3.8, 4) is 0 Å². The molecule has 0 aromatic carbocycles. The van der Waals surface area contributed by atoms with Gasteiger partial charge in [0.2, 0.25) is 0 Å². The van der Waals surface area contributed by atoms with E-state index in [9.17, 15) is 0 Å². The van der Waals surface area contributed by atoms with Gasteiger partial charge in [-0.1, -0.05) is 20.8 Å². The van der Waals surface area contributed by atoms with Crippen molar-refractivity contribution in [1.82, 2.24) is 10.2 Å². The van der Waals surface area contributed by atoms with Crippen molar-refractivity contribution in [2.75, 3.05) is 33.3 Å². The second-order valence-corrected chi connectivity index (χ2v) is 6.01. The van der Waals surface area contributed by atoms with Crippen LogP contribution in [0.25, 0.3) is 0 Å². The van der Waals surface area contributed by atoms with Crippen molar-refractivity contribution in [2.24, 2.45) is 5.92 Å². The fourth-order valence-electron chi connectivity index (χ4n) is 2.55. The molecule has 18 heavy (non-hydrogen) atoms. The summed E-state index contributed by atoms with van der Waals surface area (Å²) in [7, 11) is 2.22. The van der Waals surface area contributed by atoms with Gasteiger partial charge in [-0.2, -0.15) is 0 Å². The van der Waals surface area contributed by atoms with Crippen LogP contribution in [-0.4, -0.2) is 50.3 Å². The minimum Gasteiger partial charge on any atom is -0.377 e. The van der Waals surface area contributed by atoms with Gasteiger partial charge in [0.15, 0.2) is 0 Å². The summed E-state index contributed by atoms with van der Waals surface area (Å²) >= 11 is 0. The molecule has 0 saturated carbocycles. The molecule has 0 aromatic rings. The van der Waals surface area contributed by atoms with E-state index in [1.807, 2.05) is 0 Å². The van der Waals surface area contributed by atoms with Gasteiger partial charge in [0.1, 0.15) is 0 Å². The quantitative estimate of drug-likeness (QED) is 0.722. The third kappa shape index (κ3) is 6.17. The molecule has 0 aliphatic carbocycles.